The number of anilines is 3. The van der Waals surface area contributed by atoms with Crippen LogP contribution in [0.3, 0.4) is 0 Å². The molecule has 212 valence electrons. The Bertz CT molecular complexity index is 1550. The van der Waals surface area contributed by atoms with E-state index in [-0.39, 0.29) is 64.6 Å². The molecule has 0 atom stereocenters. The minimum atomic E-state index is -3.64. The summed E-state index contributed by atoms with van der Waals surface area (Å²) in [6, 6.07) is 5.94. The second-order valence-electron chi connectivity index (χ2n) is 9.67. The maximum atomic E-state index is 13.4. The van der Waals surface area contributed by atoms with Gasteiger partial charge in [0.15, 0.2) is 5.58 Å². The van der Waals surface area contributed by atoms with Crippen molar-refractivity contribution in [2.45, 2.75) is 31.7 Å². The van der Waals surface area contributed by atoms with Crippen LogP contribution in [0.25, 0.3) is 11.1 Å². The second-order valence-corrected chi connectivity index (χ2v) is 11.9. The molecule has 0 unspecified atom stereocenters. The number of hydrogen-bond donors (Lipinski definition) is 3. The van der Waals surface area contributed by atoms with Crippen LogP contribution >= 0.6 is 11.6 Å². The van der Waals surface area contributed by atoms with Gasteiger partial charge < -0.3 is 24.7 Å². The number of ether oxygens (including phenoxy) is 1. The number of amides is 3. The van der Waals surface area contributed by atoms with Crippen molar-refractivity contribution in [3.63, 3.8) is 0 Å². The fourth-order valence-corrected chi connectivity index (χ4v) is 5.52. The lowest BCUT2D eigenvalue weighted by Crippen LogP contribution is -2.49. The predicted octanol–water partition coefficient (Wildman–Crippen LogP) is 2.86. The summed E-state index contributed by atoms with van der Waals surface area (Å²) >= 11 is 5.87. The first-order chi connectivity index (χ1) is 19.1. The monoisotopic (exact) mass is 590 g/mol. The predicted molar refractivity (Wildman–Crippen MR) is 147 cm³/mol. The number of morpholine rings is 1. The van der Waals surface area contributed by atoms with E-state index in [1.54, 1.807) is 6.07 Å². The van der Waals surface area contributed by atoms with Crippen LogP contribution < -0.4 is 15.4 Å². The summed E-state index contributed by atoms with van der Waals surface area (Å²) in [5.41, 5.74) is 0.274. The summed E-state index contributed by atoms with van der Waals surface area (Å²) in [5.74, 6) is -1.48. The zero-order valence-electron chi connectivity index (χ0n) is 21.5. The first-order valence-corrected chi connectivity index (χ1v) is 14.9. The van der Waals surface area contributed by atoms with Crippen LogP contribution in [0.5, 0.6) is 0 Å². The Morgan fingerprint density at radius 3 is 2.50 bits per heavy atom. The molecule has 15 heteroatoms. The molecular weight excluding hydrogens is 564 g/mol. The number of sulfonamides is 1. The van der Waals surface area contributed by atoms with E-state index in [9.17, 15) is 22.8 Å². The van der Waals surface area contributed by atoms with Crippen LogP contribution in [-0.4, -0.2) is 73.1 Å². The molecule has 2 aliphatic rings. The number of halogens is 1. The number of rotatable bonds is 7. The van der Waals surface area contributed by atoms with Gasteiger partial charge in [0.25, 0.3) is 5.91 Å². The Kier molecular flexibility index (Phi) is 7.92. The molecule has 1 saturated heterocycles. The number of hydrogen-bond acceptors (Lipinski definition) is 9. The fraction of sp³-hybridized carbons (Fsp3) is 0.400. The number of fused-ring (bicyclic) bond motifs is 1. The average Bonchev–Trinajstić information content (AvgIpc) is 3.27. The summed E-state index contributed by atoms with van der Waals surface area (Å²) in [7, 11) is -3.64. The highest BCUT2D eigenvalue weighted by Gasteiger charge is 2.34. The van der Waals surface area contributed by atoms with Crippen molar-refractivity contribution >= 4 is 67.8 Å². The summed E-state index contributed by atoms with van der Waals surface area (Å²) in [6.07, 6.45) is 4.75. The lowest BCUT2D eigenvalue weighted by atomic mass is 9.84. The number of carbonyl (C=O) groups is 3. The summed E-state index contributed by atoms with van der Waals surface area (Å²) in [6.45, 7) is 1.12. The zero-order valence-corrected chi connectivity index (χ0v) is 23.0. The maximum absolute atomic E-state index is 13.4. The molecule has 1 aliphatic heterocycles. The third-order valence-corrected chi connectivity index (χ3v) is 7.58. The van der Waals surface area contributed by atoms with Crippen LogP contribution in [-0.2, 0) is 24.3 Å². The molecule has 5 rings (SSSR count). The van der Waals surface area contributed by atoms with Gasteiger partial charge in [0.05, 0.1) is 17.9 Å². The Morgan fingerprint density at radius 2 is 1.82 bits per heavy atom. The molecule has 1 saturated carbocycles. The van der Waals surface area contributed by atoms with E-state index in [0.29, 0.717) is 43.9 Å². The van der Waals surface area contributed by atoms with E-state index in [1.165, 1.54) is 24.4 Å². The van der Waals surface area contributed by atoms with Gasteiger partial charge in [-0.25, -0.2) is 18.4 Å². The number of nitrogens with zero attached hydrogens (tertiary/aromatic N) is 3. The molecule has 2 fully saturated rings. The first-order valence-electron chi connectivity index (χ1n) is 12.6. The maximum Gasteiger partial charge on any atom is 0.294 e. The Balaban J connectivity index is 1.39. The Morgan fingerprint density at radius 1 is 1.07 bits per heavy atom. The van der Waals surface area contributed by atoms with Crippen molar-refractivity contribution in [3.05, 3.63) is 41.2 Å². The van der Waals surface area contributed by atoms with Crippen molar-refractivity contribution in [2.75, 3.05) is 41.4 Å². The highest BCUT2D eigenvalue weighted by atomic mass is 35.5. The van der Waals surface area contributed by atoms with E-state index in [4.69, 9.17) is 20.8 Å². The molecule has 0 bridgehead atoms. The van der Waals surface area contributed by atoms with Gasteiger partial charge in [0, 0.05) is 24.7 Å². The van der Waals surface area contributed by atoms with Crippen molar-refractivity contribution in [1.29, 1.82) is 0 Å². The second kappa shape index (κ2) is 11.4. The van der Waals surface area contributed by atoms with Gasteiger partial charge in [0.1, 0.15) is 29.4 Å². The molecule has 0 radical (unpaired) electrons. The van der Waals surface area contributed by atoms with E-state index >= 15 is 0 Å². The Hall–Kier alpha value is -3.75. The molecule has 3 amide bonds. The van der Waals surface area contributed by atoms with Crippen LogP contribution in [0.1, 0.15) is 36.2 Å². The van der Waals surface area contributed by atoms with Gasteiger partial charge in [-0.1, -0.05) is 11.6 Å². The first kappa shape index (κ1) is 27.8. The molecule has 0 spiro atoms. The fourth-order valence-electron chi connectivity index (χ4n) is 4.91. The van der Waals surface area contributed by atoms with Crippen LogP contribution in [0, 0.1) is 5.92 Å². The van der Waals surface area contributed by atoms with Crippen molar-refractivity contribution < 1.29 is 32.0 Å². The van der Waals surface area contributed by atoms with E-state index < -0.39 is 15.9 Å². The van der Waals surface area contributed by atoms with Gasteiger partial charge >= 0.3 is 0 Å². The smallest absolute Gasteiger partial charge is 0.294 e. The Labute approximate surface area is 234 Å². The number of aromatic nitrogens is 2. The van der Waals surface area contributed by atoms with Gasteiger partial charge in [0.2, 0.25) is 27.6 Å². The SMILES string of the molecule is CS(=O)(=O)Nc1ccc2oc(C(=O)Nc3ccc(Cl)cn3)c(NC(=O)[C@H]3CC[C@H](N4CCOCC4=O)CC3)c2n1. The molecule has 13 nitrogen and oxygen atoms in total. The van der Waals surface area contributed by atoms with E-state index in [0.717, 1.165) is 6.26 Å². The summed E-state index contributed by atoms with van der Waals surface area (Å²) < 4.78 is 36.8. The average molecular weight is 591 g/mol. The van der Waals surface area contributed by atoms with Gasteiger partial charge in [-0.2, -0.15) is 0 Å². The van der Waals surface area contributed by atoms with E-state index in [2.05, 4.69) is 25.3 Å². The molecule has 3 N–H and O–H groups in total. The minimum absolute atomic E-state index is 0.00619. The van der Waals surface area contributed by atoms with Crippen LogP contribution in [0.15, 0.2) is 34.9 Å². The standard InChI is InChI=1S/C25H27ClN6O7S/c1-40(36,37)31-19-9-7-17-21(28-19)22(23(39-17)25(35)29-18-8-4-15(26)12-27-18)30-24(34)14-2-5-16(6-3-14)32-10-11-38-13-20(32)33/h4,7-9,12,14,16H,2-3,5-6,10-11,13H2,1H3,(H,28,31)(H,30,34)(H,27,29,35)/t14-,16-. The normalized spacial score (nSPS) is 19.9. The minimum Gasteiger partial charge on any atom is -0.447 e. The highest BCUT2D eigenvalue weighted by molar-refractivity contribution is 7.92. The molecule has 40 heavy (non-hydrogen) atoms. The van der Waals surface area contributed by atoms with Gasteiger partial charge in [-0.3, -0.25) is 19.1 Å². The van der Waals surface area contributed by atoms with Crippen LogP contribution in [0.4, 0.5) is 17.3 Å². The topological polar surface area (TPSA) is 173 Å². The lowest BCUT2D eigenvalue weighted by molar-refractivity contribution is -0.146. The van der Waals surface area contributed by atoms with Gasteiger partial charge in [-0.15, -0.1) is 0 Å². The third-order valence-electron chi connectivity index (χ3n) is 6.78. The number of nitrogens with one attached hydrogen (secondary N) is 3. The number of furan rings is 1. The van der Waals surface area contributed by atoms with Crippen molar-refractivity contribution in [3.8, 4) is 0 Å². The molecular formula is C25H27ClN6O7S. The quantitative estimate of drug-likeness (QED) is 0.374. The zero-order chi connectivity index (χ0) is 28.4. The van der Waals surface area contributed by atoms with Gasteiger partial charge in [-0.05, 0) is 49.9 Å². The summed E-state index contributed by atoms with van der Waals surface area (Å²) in [5, 5.41) is 5.78. The van der Waals surface area contributed by atoms with Crippen molar-refractivity contribution in [1.82, 2.24) is 14.9 Å². The molecule has 3 aromatic rings. The van der Waals surface area contributed by atoms with Crippen LogP contribution in [0.2, 0.25) is 5.02 Å². The molecule has 1 aliphatic carbocycles. The molecule has 0 aromatic carbocycles. The number of pyridine rings is 2. The van der Waals surface area contributed by atoms with Crippen molar-refractivity contribution in [2.24, 2.45) is 5.92 Å². The highest BCUT2D eigenvalue weighted by Crippen LogP contribution is 2.34. The summed E-state index contributed by atoms with van der Waals surface area (Å²) in [4.78, 5) is 49.0. The lowest BCUT2D eigenvalue weighted by Gasteiger charge is -2.38. The third kappa shape index (κ3) is 6.35. The van der Waals surface area contributed by atoms with E-state index in [1.807, 2.05) is 4.90 Å². The molecule has 3 aromatic heterocycles. The number of carbonyl (C=O) groups excluding carboxylic acids is 3. The molecule has 4 heterocycles. The largest absolute Gasteiger partial charge is 0.447 e.